The standard InChI is InChI=1S/C23H30N4O2/c24-23(28)18-6-8-19-13-27-21-10-20(29-15-16-4-2-1-3-5-16)9-7-17(21)11-25-22(27)14-26(19)12-18/h1-5,8,12,17,20-22,25H,6-7,9-11,13-15H2,(H2,24,28). The minimum atomic E-state index is -0.315. The summed E-state index contributed by atoms with van der Waals surface area (Å²) in [6.07, 6.45) is 8.87. The summed E-state index contributed by atoms with van der Waals surface area (Å²) in [5, 5.41) is 3.74. The maximum Gasteiger partial charge on any atom is 0.246 e. The summed E-state index contributed by atoms with van der Waals surface area (Å²) in [6.45, 7) is 3.55. The second kappa shape index (κ2) is 7.94. The summed E-state index contributed by atoms with van der Waals surface area (Å²) in [4.78, 5) is 16.4. The molecule has 6 nitrogen and oxygen atoms in total. The highest BCUT2D eigenvalue weighted by Gasteiger charge is 2.44. The van der Waals surface area contributed by atoms with Gasteiger partial charge in [-0.05, 0) is 37.2 Å². The van der Waals surface area contributed by atoms with E-state index < -0.39 is 0 Å². The molecule has 0 aromatic heterocycles. The van der Waals surface area contributed by atoms with Crippen molar-refractivity contribution in [1.29, 1.82) is 0 Å². The number of piperazine rings is 1. The molecule has 1 aromatic rings. The molecule has 6 heteroatoms. The average Bonchev–Trinajstić information content (AvgIpc) is 2.76. The van der Waals surface area contributed by atoms with Gasteiger partial charge in [0.1, 0.15) is 0 Å². The maximum absolute atomic E-state index is 11.6. The van der Waals surface area contributed by atoms with Crippen LogP contribution < -0.4 is 11.1 Å². The summed E-state index contributed by atoms with van der Waals surface area (Å²) in [5.74, 6) is 0.375. The van der Waals surface area contributed by atoms with Crippen LogP contribution in [-0.2, 0) is 16.1 Å². The molecule has 0 spiro atoms. The summed E-state index contributed by atoms with van der Waals surface area (Å²) >= 11 is 0. The van der Waals surface area contributed by atoms with Crippen LogP contribution in [0.25, 0.3) is 0 Å². The Morgan fingerprint density at radius 1 is 1.24 bits per heavy atom. The molecule has 4 aliphatic rings. The highest BCUT2D eigenvalue weighted by Crippen LogP contribution is 2.37. The molecule has 3 aliphatic heterocycles. The average molecular weight is 395 g/mol. The molecule has 3 fully saturated rings. The van der Waals surface area contributed by atoms with E-state index in [1.807, 2.05) is 12.3 Å². The van der Waals surface area contributed by atoms with Crippen LogP contribution in [0.4, 0.5) is 0 Å². The van der Waals surface area contributed by atoms with Crippen molar-refractivity contribution in [2.45, 2.75) is 50.6 Å². The molecule has 1 amide bonds. The van der Waals surface area contributed by atoms with Crippen molar-refractivity contribution in [3.05, 3.63) is 59.4 Å². The van der Waals surface area contributed by atoms with Gasteiger partial charge in [0, 0.05) is 36.6 Å². The van der Waals surface area contributed by atoms with Gasteiger partial charge in [0.2, 0.25) is 5.91 Å². The lowest BCUT2D eigenvalue weighted by Gasteiger charge is -2.54. The molecule has 2 saturated heterocycles. The van der Waals surface area contributed by atoms with Crippen molar-refractivity contribution in [2.24, 2.45) is 11.7 Å². The number of fused-ring (bicyclic) bond motifs is 4. The van der Waals surface area contributed by atoms with Crippen LogP contribution in [0.15, 0.2) is 53.9 Å². The van der Waals surface area contributed by atoms with Crippen molar-refractivity contribution < 1.29 is 9.53 Å². The molecule has 29 heavy (non-hydrogen) atoms. The van der Waals surface area contributed by atoms with Gasteiger partial charge < -0.3 is 15.4 Å². The normalized spacial score (nSPS) is 31.8. The predicted octanol–water partition coefficient (Wildman–Crippen LogP) is 1.94. The fraction of sp³-hybridized carbons (Fsp3) is 0.522. The molecule has 4 atom stereocenters. The fourth-order valence-corrected chi connectivity index (χ4v) is 5.32. The zero-order valence-electron chi connectivity index (χ0n) is 16.8. The number of nitrogens with one attached hydrogen (secondary N) is 1. The van der Waals surface area contributed by atoms with Gasteiger partial charge in [0.25, 0.3) is 0 Å². The van der Waals surface area contributed by atoms with Gasteiger partial charge >= 0.3 is 0 Å². The number of hydrogen-bond acceptors (Lipinski definition) is 5. The number of allylic oxidation sites excluding steroid dienone is 1. The molecule has 0 bridgehead atoms. The largest absolute Gasteiger partial charge is 0.373 e. The van der Waals surface area contributed by atoms with Crippen LogP contribution in [0, 0.1) is 5.92 Å². The first-order chi connectivity index (χ1) is 14.2. The van der Waals surface area contributed by atoms with Crippen LogP contribution in [0.2, 0.25) is 0 Å². The van der Waals surface area contributed by atoms with Crippen molar-refractivity contribution in [3.63, 3.8) is 0 Å². The number of ether oxygens (including phenoxy) is 1. The third-order valence-electron chi connectivity index (χ3n) is 6.95. The van der Waals surface area contributed by atoms with E-state index in [-0.39, 0.29) is 5.91 Å². The molecule has 5 rings (SSSR count). The zero-order chi connectivity index (χ0) is 19.8. The second-order valence-electron chi connectivity index (χ2n) is 8.73. The van der Waals surface area contributed by atoms with Crippen molar-refractivity contribution in [2.75, 3.05) is 19.6 Å². The summed E-state index contributed by atoms with van der Waals surface area (Å²) in [6, 6.07) is 11.0. The Bertz CT molecular complexity index is 821. The smallest absolute Gasteiger partial charge is 0.246 e. The number of nitrogens with zero attached hydrogens (tertiary/aromatic N) is 2. The van der Waals surface area contributed by atoms with Gasteiger partial charge in [-0.25, -0.2) is 0 Å². The number of carbonyl (C=O) groups excluding carboxylic acids is 1. The Morgan fingerprint density at radius 2 is 2.10 bits per heavy atom. The Morgan fingerprint density at radius 3 is 2.93 bits per heavy atom. The molecular weight excluding hydrogens is 364 g/mol. The minimum Gasteiger partial charge on any atom is -0.373 e. The Hall–Kier alpha value is -2.15. The van der Waals surface area contributed by atoms with Crippen molar-refractivity contribution in [3.8, 4) is 0 Å². The molecular formula is C23H30N4O2. The van der Waals surface area contributed by atoms with E-state index in [2.05, 4.69) is 45.5 Å². The maximum atomic E-state index is 11.6. The monoisotopic (exact) mass is 394 g/mol. The Kier molecular flexibility index (Phi) is 5.16. The van der Waals surface area contributed by atoms with E-state index >= 15 is 0 Å². The number of carbonyl (C=O) groups is 1. The van der Waals surface area contributed by atoms with E-state index in [1.165, 1.54) is 17.7 Å². The third-order valence-corrected chi connectivity index (χ3v) is 6.95. The van der Waals surface area contributed by atoms with Gasteiger partial charge in [-0.1, -0.05) is 36.4 Å². The number of benzene rings is 1. The molecule has 1 aromatic carbocycles. The first-order valence-electron chi connectivity index (χ1n) is 10.8. The van der Waals surface area contributed by atoms with Crippen molar-refractivity contribution in [1.82, 2.24) is 15.1 Å². The lowest BCUT2D eigenvalue weighted by atomic mass is 9.79. The van der Waals surface area contributed by atoms with E-state index in [0.717, 1.165) is 32.5 Å². The van der Waals surface area contributed by atoms with E-state index in [0.29, 0.717) is 42.8 Å². The van der Waals surface area contributed by atoms with Gasteiger partial charge in [-0.15, -0.1) is 0 Å². The number of nitrogens with two attached hydrogens (primary N) is 1. The third kappa shape index (κ3) is 3.84. The molecule has 154 valence electrons. The van der Waals surface area contributed by atoms with Crippen molar-refractivity contribution >= 4 is 5.91 Å². The molecule has 0 radical (unpaired) electrons. The fourth-order valence-electron chi connectivity index (χ4n) is 5.32. The van der Waals surface area contributed by atoms with Gasteiger partial charge in [-0.2, -0.15) is 0 Å². The van der Waals surface area contributed by atoms with Crippen LogP contribution >= 0.6 is 0 Å². The number of primary amides is 1. The van der Waals surface area contributed by atoms with E-state index in [4.69, 9.17) is 10.5 Å². The first-order valence-corrected chi connectivity index (χ1v) is 10.8. The zero-order valence-corrected chi connectivity index (χ0v) is 16.8. The lowest BCUT2D eigenvalue weighted by molar-refractivity contribution is -0.114. The number of amides is 1. The van der Waals surface area contributed by atoms with E-state index in [9.17, 15) is 4.79 Å². The number of rotatable bonds is 4. The van der Waals surface area contributed by atoms with Gasteiger partial charge in [0.15, 0.2) is 0 Å². The highest BCUT2D eigenvalue weighted by molar-refractivity contribution is 5.92. The lowest BCUT2D eigenvalue weighted by Crippen LogP contribution is -2.68. The Balaban J connectivity index is 1.25. The Labute approximate surface area is 172 Å². The van der Waals surface area contributed by atoms with E-state index in [1.54, 1.807) is 0 Å². The molecule has 1 aliphatic carbocycles. The molecule has 3 N–H and O–H groups in total. The first kappa shape index (κ1) is 18.9. The summed E-state index contributed by atoms with van der Waals surface area (Å²) in [7, 11) is 0. The number of hydrogen-bond donors (Lipinski definition) is 2. The van der Waals surface area contributed by atoms with Gasteiger partial charge in [0.05, 0.1) is 25.4 Å². The quantitative estimate of drug-likeness (QED) is 0.817. The second-order valence-corrected chi connectivity index (χ2v) is 8.73. The summed E-state index contributed by atoms with van der Waals surface area (Å²) in [5.41, 5.74) is 8.73. The molecule has 3 heterocycles. The minimum absolute atomic E-state index is 0.310. The van der Waals surface area contributed by atoms with Crippen LogP contribution in [-0.4, -0.2) is 53.7 Å². The topological polar surface area (TPSA) is 70.8 Å². The SMILES string of the molecule is NC(=O)C1=CN2CC3NCC4CCC(OCc5ccccc5)CC4N3CC2=CC1. The highest BCUT2D eigenvalue weighted by atomic mass is 16.5. The molecule has 4 unspecified atom stereocenters. The summed E-state index contributed by atoms with van der Waals surface area (Å²) < 4.78 is 6.31. The van der Waals surface area contributed by atoms with Crippen LogP contribution in [0.5, 0.6) is 0 Å². The predicted molar refractivity (Wildman–Crippen MR) is 111 cm³/mol. The van der Waals surface area contributed by atoms with Crippen LogP contribution in [0.3, 0.4) is 0 Å². The van der Waals surface area contributed by atoms with Crippen LogP contribution in [0.1, 0.15) is 31.2 Å². The molecule has 1 saturated carbocycles. The van der Waals surface area contributed by atoms with Gasteiger partial charge in [-0.3, -0.25) is 15.0 Å².